The Kier molecular flexibility index (Phi) is 5.63. The van der Waals surface area contributed by atoms with Crippen LogP contribution in [-0.2, 0) is 4.74 Å². The first-order chi connectivity index (χ1) is 9.29. The monoisotopic (exact) mass is 264 g/mol. The molecule has 19 heavy (non-hydrogen) atoms. The maximum Gasteiger partial charge on any atom is 0.0900 e. The molecule has 1 saturated heterocycles. The number of nitrogens with zero attached hydrogens (tertiary/aromatic N) is 2. The van der Waals surface area contributed by atoms with E-state index in [0.29, 0.717) is 19.8 Å². The smallest absolute Gasteiger partial charge is 0.0900 e. The van der Waals surface area contributed by atoms with Crippen LogP contribution in [0.15, 0.2) is 30.3 Å². The van der Waals surface area contributed by atoms with Crippen molar-refractivity contribution in [3.8, 4) is 0 Å². The summed E-state index contributed by atoms with van der Waals surface area (Å²) in [4.78, 5) is 4.70. The lowest BCUT2D eigenvalue weighted by molar-refractivity contribution is 0.0202. The van der Waals surface area contributed by atoms with Crippen LogP contribution >= 0.6 is 0 Å². The van der Waals surface area contributed by atoms with E-state index in [4.69, 9.17) is 4.74 Å². The summed E-state index contributed by atoms with van der Waals surface area (Å²) in [6.45, 7) is 7.80. The summed E-state index contributed by atoms with van der Waals surface area (Å²) in [6, 6.07) is 10.5. The molecule has 0 saturated carbocycles. The normalized spacial score (nSPS) is 18.5. The van der Waals surface area contributed by atoms with E-state index in [-0.39, 0.29) is 6.10 Å². The van der Waals surface area contributed by atoms with Crippen molar-refractivity contribution in [2.45, 2.75) is 13.0 Å². The Morgan fingerprint density at radius 1 is 1.16 bits per heavy atom. The molecule has 1 aliphatic heterocycles. The zero-order chi connectivity index (χ0) is 13.5. The predicted octanol–water partition coefficient (Wildman–Crippen LogP) is 1.21. The molecule has 1 aromatic carbocycles. The Bertz CT molecular complexity index is 350. The van der Waals surface area contributed by atoms with Crippen molar-refractivity contribution in [1.82, 2.24) is 4.90 Å². The van der Waals surface area contributed by atoms with E-state index in [9.17, 15) is 5.11 Å². The third-order valence-corrected chi connectivity index (χ3v) is 3.48. The third kappa shape index (κ3) is 4.49. The summed E-state index contributed by atoms with van der Waals surface area (Å²) in [5.41, 5.74) is 1.29. The van der Waals surface area contributed by atoms with Crippen LogP contribution in [0.4, 0.5) is 5.69 Å². The van der Waals surface area contributed by atoms with E-state index >= 15 is 0 Å². The minimum absolute atomic E-state index is 0.372. The topological polar surface area (TPSA) is 35.9 Å². The zero-order valence-electron chi connectivity index (χ0n) is 11.7. The SMILES string of the molecule is CCOC[C@H](O)CN1CCN(c2ccccc2)CC1. The molecule has 1 atom stereocenters. The number of β-amino-alcohol motifs (C(OH)–C–C–N with tert-alkyl or cyclic N) is 1. The molecule has 2 rings (SSSR count). The van der Waals surface area contributed by atoms with Crippen LogP contribution < -0.4 is 4.90 Å². The lowest BCUT2D eigenvalue weighted by atomic mass is 10.2. The van der Waals surface area contributed by atoms with E-state index in [2.05, 4.69) is 34.1 Å². The lowest BCUT2D eigenvalue weighted by Crippen LogP contribution is -2.49. The van der Waals surface area contributed by atoms with Crippen LogP contribution in [0.2, 0.25) is 0 Å². The predicted molar refractivity (Wildman–Crippen MR) is 77.6 cm³/mol. The van der Waals surface area contributed by atoms with Crippen molar-refractivity contribution in [3.63, 3.8) is 0 Å². The van der Waals surface area contributed by atoms with Gasteiger partial charge in [0.25, 0.3) is 0 Å². The van der Waals surface area contributed by atoms with E-state index in [1.807, 2.05) is 13.0 Å². The van der Waals surface area contributed by atoms with Crippen LogP contribution in [0.1, 0.15) is 6.92 Å². The second kappa shape index (κ2) is 7.48. The molecular weight excluding hydrogens is 240 g/mol. The third-order valence-electron chi connectivity index (χ3n) is 3.48. The van der Waals surface area contributed by atoms with Gasteiger partial charge in [-0.05, 0) is 19.1 Å². The number of aliphatic hydroxyl groups excluding tert-OH is 1. The minimum Gasteiger partial charge on any atom is -0.389 e. The molecule has 0 bridgehead atoms. The van der Waals surface area contributed by atoms with Gasteiger partial charge in [-0.1, -0.05) is 18.2 Å². The molecule has 1 N–H and O–H groups in total. The summed E-state index contributed by atoms with van der Waals surface area (Å²) < 4.78 is 5.24. The zero-order valence-corrected chi connectivity index (χ0v) is 11.7. The number of rotatable bonds is 6. The molecule has 0 aliphatic carbocycles. The summed E-state index contributed by atoms with van der Waals surface area (Å²) in [5.74, 6) is 0. The van der Waals surface area contributed by atoms with E-state index in [0.717, 1.165) is 26.2 Å². The van der Waals surface area contributed by atoms with Gasteiger partial charge in [0, 0.05) is 45.0 Å². The molecule has 0 aromatic heterocycles. The van der Waals surface area contributed by atoms with Crippen molar-refractivity contribution in [2.75, 3.05) is 50.8 Å². The Morgan fingerprint density at radius 2 is 1.84 bits per heavy atom. The Balaban J connectivity index is 1.73. The molecular formula is C15H24N2O2. The molecule has 1 aromatic rings. The first-order valence-electron chi connectivity index (χ1n) is 7.07. The van der Waals surface area contributed by atoms with Crippen molar-refractivity contribution in [3.05, 3.63) is 30.3 Å². The lowest BCUT2D eigenvalue weighted by Gasteiger charge is -2.36. The van der Waals surface area contributed by atoms with E-state index in [1.165, 1.54) is 5.69 Å². The molecule has 0 spiro atoms. The number of hydrogen-bond donors (Lipinski definition) is 1. The van der Waals surface area contributed by atoms with Gasteiger partial charge >= 0.3 is 0 Å². The molecule has 0 radical (unpaired) electrons. The van der Waals surface area contributed by atoms with Crippen molar-refractivity contribution in [2.24, 2.45) is 0 Å². The van der Waals surface area contributed by atoms with Gasteiger partial charge in [0.15, 0.2) is 0 Å². The van der Waals surface area contributed by atoms with E-state index in [1.54, 1.807) is 0 Å². The van der Waals surface area contributed by atoms with Crippen LogP contribution in [0.3, 0.4) is 0 Å². The highest BCUT2D eigenvalue weighted by Crippen LogP contribution is 2.15. The average molecular weight is 264 g/mol. The summed E-state index contributed by atoms with van der Waals surface area (Å²) in [7, 11) is 0. The Hall–Kier alpha value is -1.10. The standard InChI is InChI=1S/C15H24N2O2/c1-2-19-13-15(18)12-16-8-10-17(11-9-16)14-6-4-3-5-7-14/h3-7,15,18H,2,8-13H2,1H3/t15-/m1/s1. The van der Waals surface area contributed by atoms with Gasteiger partial charge in [0.2, 0.25) is 0 Å². The number of anilines is 1. The molecule has 0 unspecified atom stereocenters. The number of benzene rings is 1. The number of hydrogen-bond acceptors (Lipinski definition) is 4. The first kappa shape index (κ1) is 14.3. The Labute approximate surface area is 115 Å². The quantitative estimate of drug-likeness (QED) is 0.838. The van der Waals surface area contributed by atoms with Gasteiger partial charge in [0.05, 0.1) is 12.7 Å². The van der Waals surface area contributed by atoms with Gasteiger partial charge in [-0.15, -0.1) is 0 Å². The summed E-state index contributed by atoms with van der Waals surface area (Å²) in [6.07, 6.45) is -0.372. The number of aliphatic hydroxyl groups is 1. The maximum atomic E-state index is 9.84. The summed E-state index contributed by atoms with van der Waals surface area (Å²) >= 11 is 0. The maximum absolute atomic E-state index is 9.84. The molecule has 4 heteroatoms. The highest BCUT2D eigenvalue weighted by Gasteiger charge is 2.19. The molecule has 4 nitrogen and oxygen atoms in total. The fourth-order valence-electron chi connectivity index (χ4n) is 2.43. The second-order valence-corrected chi connectivity index (χ2v) is 4.94. The summed E-state index contributed by atoms with van der Waals surface area (Å²) in [5, 5.41) is 9.84. The molecule has 0 amide bonds. The Morgan fingerprint density at radius 3 is 2.47 bits per heavy atom. The average Bonchev–Trinajstić information content (AvgIpc) is 2.47. The van der Waals surface area contributed by atoms with Gasteiger partial charge in [-0.3, -0.25) is 4.90 Å². The molecule has 106 valence electrons. The molecule has 1 heterocycles. The van der Waals surface area contributed by atoms with Crippen molar-refractivity contribution in [1.29, 1.82) is 0 Å². The number of para-hydroxylation sites is 1. The minimum atomic E-state index is -0.372. The largest absolute Gasteiger partial charge is 0.389 e. The van der Waals surface area contributed by atoms with E-state index < -0.39 is 0 Å². The highest BCUT2D eigenvalue weighted by atomic mass is 16.5. The first-order valence-corrected chi connectivity index (χ1v) is 7.07. The van der Waals surface area contributed by atoms with Crippen LogP contribution in [-0.4, -0.2) is 62.0 Å². The fourth-order valence-corrected chi connectivity index (χ4v) is 2.43. The number of ether oxygens (including phenoxy) is 1. The van der Waals surface area contributed by atoms with Gasteiger partial charge in [-0.25, -0.2) is 0 Å². The number of piperazine rings is 1. The van der Waals surface area contributed by atoms with Crippen LogP contribution in [0.25, 0.3) is 0 Å². The fraction of sp³-hybridized carbons (Fsp3) is 0.600. The molecule has 1 aliphatic rings. The van der Waals surface area contributed by atoms with Crippen LogP contribution in [0.5, 0.6) is 0 Å². The molecule has 1 fully saturated rings. The van der Waals surface area contributed by atoms with Crippen molar-refractivity contribution >= 4 is 5.69 Å². The second-order valence-electron chi connectivity index (χ2n) is 4.94. The van der Waals surface area contributed by atoms with Crippen LogP contribution in [0, 0.1) is 0 Å². The van der Waals surface area contributed by atoms with Gasteiger partial charge < -0.3 is 14.7 Å². The van der Waals surface area contributed by atoms with Crippen molar-refractivity contribution < 1.29 is 9.84 Å². The van der Waals surface area contributed by atoms with Gasteiger partial charge in [0.1, 0.15) is 0 Å². The van der Waals surface area contributed by atoms with Gasteiger partial charge in [-0.2, -0.15) is 0 Å². The highest BCUT2D eigenvalue weighted by molar-refractivity contribution is 5.46.